The van der Waals surface area contributed by atoms with E-state index in [2.05, 4.69) is 33.2 Å². The second-order valence-electron chi connectivity index (χ2n) is 4.86. The highest BCUT2D eigenvalue weighted by Crippen LogP contribution is 2.26. The summed E-state index contributed by atoms with van der Waals surface area (Å²) in [5.74, 6) is 0. The van der Waals surface area contributed by atoms with E-state index < -0.39 is 0 Å². The van der Waals surface area contributed by atoms with Gasteiger partial charge in [0.15, 0.2) is 0 Å². The molecule has 2 aromatic carbocycles. The Balaban J connectivity index is 1.77. The number of para-hydroxylation sites is 1. The molecule has 1 unspecified atom stereocenters. The van der Waals surface area contributed by atoms with E-state index in [4.69, 9.17) is 11.6 Å². The molecule has 3 aromatic rings. The van der Waals surface area contributed by atoms with Gasteiger partial charge in [-0.15, -0.1) is 11.6 Å². The maximum absolute atomic E-state index is 6.53. The molecule has 1 atom stereocenters. The van der Waals surface area contributed by atoms with Crippen LogP contribution >= 0.6 is 27.5 Å². The van der Waals surface area contributed by atoms with Gasteiger partial charge in [-0.1, -0.05) is 46.3 Å². The van der Waals surface area contributed by atoms with Crippen molar-refractivity contribution in [1.82, 2.24) is 9.78 Å². The van der Waals surface area contributed by atoms with Crippen molar-refractivity contribution in [3.8, 4) is 5.69 Å². The fourth-order valence-electron chi connectivity index (χ4n) is 2.21. The smallest absolute Gasteiger partial charge is 0.0656 e. The molecule has 3 rings (SSSR count). The van der Waals surface area contributed by atoms with Crippen molar-refractivity contribution in [2.75, 3.05) is 0 Å². The molecule has 0 aliphatic rings. The molecule has 0 N–H and O–H groups in total. The summed E-state index contributed by atoms with van der Waals surface area (Å²) in [5, 5.41) is 4.30. The first-order chi connectivity index (χ1) is 10.2. The molecule has 2 nitrogen and oxygen atoms in total. The van der Waals surface area contributed by atoms with Gasteiger partial charge in [0.05, 0.1) is 17.3 Å². The summed E-state index contributed by atoms with van der Waals surface area (Å²) in [6.07, 6.45) is 4.61. The number of benzene rings is 2. The monoisotopic (exact) mass is 360 g/mol. The Labute approximate surface area is 137 Å². The number of halogens is 2. The Morgan fingerprint density at radius 1 is 1.10 bits per heavy atom. The van der Waals surface area contributed by atoms with Crippen LogP contribution in [0.15, 0.2) is 71.5 Å². The quantitative estimate of drug-likeness (QED) is 0.587. The number of rotatable bonds is 4. The van der Waals surface area contributed by atoms with Crippen LogP contribution in [0.1, 0.15) is 16.5 Å². The predicted molar refractivity (Wildman–Crippen MR) is 90.0 cm³/mol. The van der Waals surface area contributed by atoms with Crippen LogP contribution in [0.5, 0.6) is 0 Å². The van der Waals surface area contributed by atoms with Crippen molar-refractivity contribution in [2.24, 2.45) is 0 Å². The van der Waals surface area contributed by atoms with E-state index in [1.165, 1.54) is 5.56 Å². The molecule has 0 aliphatic heterocycles. The van der Waals surface area contributed by atoms with Gasteiger partial charge in [0.1, 0.15) is 0 Å². The molecule has 0 spiro atoms. The Morgan fingerprint density at radius 3 is 2.67 bits per heavy atom. The summed E-state index contributed by atoms with van der Waals surface area (Å²) < 4.78 is 2.93. The summed E-state index contributed by atoms with van der Waals surface area (Å²) in [4.78, 5) is 0. The second kappa shape index (κ2) is 6.46. The second-order valence-corrected chi connectivity index (χ2v) is 6.30. The number of nitrogens with zero attached hydrogens (tertiary/aromatic N) is 2. The minimum atomic E-state index is -0.0863. The third kappa shape index (κ3) is 3.55. The van der Waals surface area contributed by atoms with Gasteiger partial charge in [0, 0.05) is 16.2 Å². The molecule has 1 aromatic heterocycles. The first kappa shape index (κ1) is 14.4. The van der Waals surface area contributed by atoms with Gasteiger partial charge in [-0.05, 0) is 36.2 Å². The van der Waals surface area contributed by atoms with Gasteiger partial charge in [0.25, 0.3) is 0 Å². The van der Waals surface area contributed by atoms with E-state index >= 15 is 0 Å². The summed E-state index contributed by atoms with van der Waals surface area (Å²) >= 11 is 10.0. The van der Waals surface area contributed by atoms with Crippen molar-refractivity contribution in [2.45, 2.75) is 11.8 Å². The number of alkyl halides is 1. The fourth-order valence-corrected chi connectivity index (χ4v) is 2.95. The van der Waals surface area contributed by atoms with Gasteiger partial charge in [0.2, 0.25) is 0 Å². The van der Waals surface area contributed by atoms with E-state index in [0.29, 0.717) is 0 Å². The van der Waals surface area contributed by atoms with Crippen LogP contribution in [0.2, 0.25) is 0 Å². The standard InChI is InChI=1S/C17H14BrClN2/c18-15-6-4-5-13(9-15)10-17(19)14-11-20-21(12-14)16-7-2-1-3-8-16/h1-9,11-12,17H,10H2. The average Bonchev–Trinajstić information content (AvgIpc) is 2.98. The Hall–Kier alpha value is -1.58. The lowest BCUT2D eigenvalue weighted by atomic mass is 10.1. The number of hydrogen-bond donors (Lipinski definition) is 0. The maximum Gasteiger partial charge on any atom is 0.0656 e. The molecule has 0 radical (unpaired) electrons. The summed E-state index contributed by atoms with van der Waals surface area (Å²) in [5.41, 5.74) is 3.27. The molecule has 0 bridgehead atoms. The molecule has 0 aliphatic carbocycles. The first-order valence-electron chi connectivity index (χ1n) is 6.71. The van der Waals surface area contributed by atoms with E-state index in [-0.39, 0.29) is 5.38 Å². The highest BCUT2D eigenvalue weighted by atomic mass is 79.9. The van der Waals surface area contributed by atoms with Gasteiger partial charge in [-0.2, -0.15) is 5.10 Å². The molecule has 21 heavy (non-hydrogen) atoms. The van der Waals surface area contributed by atoms with Crippen molar-refractivity contribution < 1.29 is 0 Å². The van der Waals surface area contributed by atoms with Crippen LogP contribution in [0.3, 0.4) is 0 Å². The molecular weight excluding hydrogens is 348 g/mol. The molecule has 0 saturated heterocycles. The topological polar surface area (TPSA) is 17.8 Å². The highest BCUT2D eigenvalue weighted by Gasteiger charge is 2.12. The van der Waals surface area contributed by atoms with Gasteiger partial charge in [-0.3, -0.25) is 0 Å². The number of hydrogen-bond acceptors (Lipinski definition) is 1. The Morgan fingerprint density at radius 2 is 1.90 bits per heavy atom. The maximum atomic E-state index is 6.53. The molecule has 0 amide bonds. The zero-order chi connectivity index (χ0) is 14.7. The van der Waals surface area contributed by atoms with E-state index in [9.17, 15) is 0 Å². The zero-order valence-corrected chi connectivity index (χ0v) is 13.6. The van der Waals surface area contributed by atoms with Crippen LogP contribution in [0, 0.1) is 0 Å². The van der Waals surface area contributed by atoms with Crippen molar-refractivity contribution in [3.05, 3.63) is 82.6 Å². The van der Waals surface area contributed by atoms with Crippen molar-refractivity contribution >= 4 is 27.5 Å². The van der Waals surface area contributed by atoms with Crippen LogP contribution in [0.25, 0.3) is 5.69 Å². The first-order valence-corrected chi connectivity index (χ1v) is 7.94. The summed E-state index contributed by atoms with van der Waals surface area (Å²) in [6.45, 7) is 0. The van der Waals surface area contributed by atoms with E-state index in [0.717, 1.165) is 22.1 Å². The largest absolute Gasteiger partial charge is 0.241 e. The molecule has 0 fully saturated rings. The third-order valence-corrected chi connectivity index (χ3v) is 4.19. The van der Waals surface area contributed by atoms with Crippen molar-refractivity contribution in [3.63, 3.8) is 0 Å². The molecule has 0 saturated carbocycles. The SMILES string of the molecule is ClC(Cc1cccc(Br)c1)c1cnn(-c2ccccc2)c1. The normalized spacial score (nSPS) is 12.3. The fraction of sp³-hybridized carbons (Fsp3) is 0.118. The van der Waals surface area contributed by atoms with Crippen molar-refractivity contribution in [1.29, 1.82) is 0 Å². The summed E-state index contributed by atoms with van der Waals surface area (Å²) in [6, 6.07) is 18.2. The average molecular weight is 362 g/mol. The third-order valence-electron chi connectivity index (χ3n) is 3.29. The van der Waals surface area contributed by atoms with Crippen LogP contribution < -0.4 is 0 Å². The van der Waals surface area contributed by atoms with Crippen LogP contribution in [-0.2, 0) is 6.42 Å². The lowest BCUT2D eigenvalue weighted by molar-refractivity contribution is 0.877. The minimum Gasteiger partial charge on any atom is -0.241 e. The lowest BCUT2D eigenvalue weighted by Gasteiger charge is -2.07. The number of aromatic nitrogens is 2. The van der Waals surface area contributed by atoms with Crippen LogP contribution in [-0.4, -0.2) is 9.78 Å². The minimum absolute atomic E-state index is 0.0863. The highest BCUT2D eigenvalue weighted by molar-refractivity contribution is 9.10. The van der Waals surface area contributed by atoms with E-state index in [1.807, 2.05) is 59.5 Å². The summed E-state index contributed by atoms with van der Waals surface area (Å²) in [7, 11) is 0. The molecule has 1 heterocycles. The van der Waals surface area contributed by atoms with Gasteiger partial charge < -0.3 is 0 Å². The lowest BCUT2D eigenvalue weighted by Crippen LogP contribution is -1.95. The molecular formula is C17H14BrClN2. The zero-order valence-electron chi connectivity index (χ0n) is 11.3. The van der Waals surface area contributed by atoms with E-state index in [1.54, 1.807) is 0 Å². The predicted octanol–water partition coefficient (Wildman–Crippen LogP) is 5.16. The Bertz CT molecular complexity index is 724. The molecule has 4 heteroatoms. The Kier molecular flexibility index (Phi) is 4.42. The van der Waals surface area contributed by atoms with Gasteiger partial charge >= 0.3 is 0 Å². The van der Waals surface area contributed by atoms with Gasteiger partial charge in [-0.25, -0.2) is 4.68 Å². The van der Waals surface area contributed by atoms with Crippen LogP contribution in [0.4, 0.5) is 0 Å². The molecule has 106 valence electrons.